The van der Waals surface area contributed by atoms with Crippen molar-refractivity contribution < 1.29 is 31.8 Å². The second-order valence-electron chi connectivity index (χ2n) is 8.01. The van der Waals surface area contributed by atoms with Crippen molar-refractivity contribution in [2.75, 3.05) is 44.4 Å². The number of rotatable bonds is 5. The standard InChI is InChI=1S/C22H21F4N7O3/c1-32(2)19(34)12-3-5-15(14(23)9-12)36-21-30-18(13-4-6-17(27)28-10-13)29-20(31-21)33-7-8-35-16(11-33)22(24,25)26/h3-6,9-10,16H,7-8,11H2,1-2H3,(H2,27,28)/t16-/m1/s1. The van der Waals surface area contributed by atoms with Gasteiger partial charge >= 0.3 is 12.2 Å². The maximum atomic E-state index is 14.7. The average Bonchev–Trinajstić information content (AvgIpc) is 2.84. The molecular weight excluding hydrogens is 486 g/mol. The van der Waals surface area contributed by atoms with Crippen LogP contribution in [-0.4, -0.2) is 76.8 Å². The average molecular weight is 507 g/mol. The highest BCUT2D eigenvalue weighted by molar-refractivity contribution is 5.94. The smallest absolute Gasteiger partial charge is 0.416 e. The molecule has 0 bridgehead atoms. The lowest BCUT2D eigenvalue weighted by Gasteiger charge is -2.33. The minimum atomic E-state index is -4.58. The quantitative estimate of drug-likeness (QED) is 0.520. The molecule has 10 nitrogen and oxygen atoms in total. The Morgan fingerprint density at radius 3 is 2.61 bits per heavy atom. The Bertz CT molecular complexity index is 1260. The number of alkyl halides is 3. The van der Waals surface area contributed by atoms with Crippen LogP contribution >= 0.6 is 0 Å². The molecule has 2 N–H and O–H groups in total. The Morgan fingerprint density at radius 1 is 1.19 bits per heavy atom. The predicted molar refractivity (Wildman–Crippen MR) is 120 cm³/mol. The molecule has 4 rings (SSSR count). The van der Waals surface area contributed by atoms with Gasteiger partial charge in [0.05, 0.1) is 13.2 Å². The summed E-state index contributed by atoms with van der Waals surface area (Å²) in [6.07, 6.45) is -5.24. The molecule has 0 saturated carbocycles. The highest BCUT2D eigenvalue weighted by Crippen LogP contribution is 2.30. The van der Waals surface area contributed by atoms with E-state index in [-0.39, 0.29) is 48.1 Å². The van der Waals surface area contributed by atoms with Gasteiger partial charge < -0.3 is 25.0 Å². The summed E-state index contributed by atoms with van der Waals surface area (Å²) in [6, 6.07) is 6.28. The van der Waals surface area contributed by atoms with Gasteiger partial charge in [-0.1, -0.05) is 0 Å². The number of halogens is 4. The van der Waals surface area contributed by atoms with Gasteiger partial charge in [-0.15, -0.1) is 0 Å². The summed E-state index contributed by atoms with van der Waals surface area (Å²) >= 11 is 0. The monoisotopic (exact) mass is 507 g/mol. The zero-order valence-corrected chi connectivity index (χ0v) is 19.2. The fourth-order valence-electron chi connectivity index (χ4n) is 3.30. The molecule has 36 heavy (non-hydrogen) atoms. The summed E-state index contributed by atoms with van der Waals surface area (Å²) in [5.74, 6) is -1.42. The number of amides is 1. The summed E-state index contributed by atoms with van der Waals surface area (Å²) in [6.45, 7) is -0.686. The third kappa shape index (κ3) is 5.59. The molecule has 190 valence electrons. The van der Waals surface area contributed by atoms with E-state index in [2.05, 4.69) is 19.9 Å². The van der Waals surface area contributed by atoms with Crippen LogP contribution in [0.1, 0.15) is 10.4 Å². The Labute approximate surface area is 202 Å². The number of hydrogen-bond acceptors (Lipinski definition) is 9. The number of nitrogen functional groups attached to an aromatic ring is 1. The molecular formula is C22H21F4N7O3. The molecule has 1 fully saturated rings. The number of ether oxygens (including phenoxy) is 2. The van der Waals surface area contributed by atoms with Gasteiger partial charge in [-0.25, -0.2) is 9.37 Å². The van der Waals surface area contributed by atoms with Crippen LogP contribution in [0.25, 0.3) is 11.4 Å². The summed E-state index contributed by atoms with van der Waals surface area (Å²) < 4.78 is 64.8. The highest BCUT2D eigenvalue weighted by atomic mass is 19.4. The first-order chi connectivity index (χ1) is 17.0. The molecule has 1 aliphatic heterocycles. The summed E-state index contributed by atoms with van der Waals surface area (Å²) in [7, 11) is 3.05. The lowest BCUT2D eigenvalue weighted by molar-refractivity contribution is -0.221. The molecule has 0 spiro atoms. The molecule has 0 aliphatic carbocycles. The van der Waals surface area contributed by atoms with E-state index in [1.807, 2.05) is 0 Å². The van der Waals surface area contributed by atoms with Crippen LogP contribution in [0.15, 0.2) is 36.5 Å². The van der Waals surface area contributed by atoms with E-state index >= 15 is 0 Å². The third-order valence-corrected chi connectivity index (χ3v) is 5.15. The highest BCUT2D eigenvalue weighted by Gasteiger charge is 2.44. The maximum Gasteiger partial charge on any atom is 0.416 e. The van der Waals surface area contributed by atoms with Crippen LogP contribution in [0.4, 0.5) is 29.3 Å². The minimum Gasteiger partial charge on any atom is -0.421 e. The Balaban J connectivity index is 1.70. The van der Waals surface area contributed by atoms with Gasteiger partial charge in [0, 0.05) is 38.0 Å². The van der Waals surface area contributed by atoms with E-state index < -0.39 is 30.5 Å². The van der Waals surface area contributed by atoms with E-state index in [4.69, 9.17) is 15.2 Å². The fourth-order valence-corrected chi connectivity index (χ4v) is 3.30. The number of hydrogen-bond donors (Lipinski definition) is 1. The molecule has 2 aromatic heterocycles. The fraction of sp³-hybridized carbons (Fsp3) is 0.318. The van der Waals surface area contributed by atoms with Gasteiger partial charge in [-0.2, -0.15) is 28.1 Å². The van der Waals surface area contributed by atoms with Crippen molar-refractivity contribution in [2.45, 2.75) is 12.3 Å². The van der Waals surface area contributed by atoms with Crippen LogP contribution in [0.5, 0.6) is 11.8 Å². The second-order valence-corrected chi connectivity index (χ2v) is 8.01. The molecule has 1 saturated heterocycles. The van der Waals surface area contributed by atoms with Gasteiger partial charge in [0.1, 0.15) is 5.82 Å². The number of carbonyl (C=O) groups is 1. The van der Waals surface area contributed by atoms with Gasteiger partial charge in [-0.05, 0) is 30.3 Å². The normalized spacial score (nSPS) is 16.1. The van der Waals surface area contributed by atoms with Gasteiger partial charge in [-0.3, -0.25) is 4.79 Å². The zero-order valence-electron chi connectivity index (χ0n) is 19.2. The van der Waals surface area contributed by atoms with E-state index in [1.54, 1.807) is 6.07 Å². The molecule has 14 heteroatoms. The first kappa shape index (κ1) is 25.0. The van der Waals surface area contributed by atoms with Crippen LogP contribution in [-0.2, 0) is 4.74 Å². The van der Waals surface area contributed by atoms with E-state index in [9.17, 15) is 22.4 Å². The van der Waals surface area contributed by atoms with Crippen molar-refractivity contribution in [1.82, 2.24) is 24.8 Å². The van der Waals surface area contributed by atoms with Gasteiger partial charge in [0.25, 0.3) is 5.91 Å². The molecule has 1 aromatic carbocycles. The largest absolute Gasteiger partial charge is 0.421 e. The first-order valence-electron chi connectivity index (χ1n) is 10.6. The van der Waals surface area contributed by atoms with Crippen molar-refractivity contribution in [3.63, 3.8) is 0 Å². The Hall–Kier alpha value is -4.07. The number of benzene rings is 1. The summed E-state index contributed by atoms with van der Waals surface area (Å²) in [5.41, 5.74) is 6.10. The summed E-state index contributed by atoms with van der Waals surface area (Å²) in [5, 5.41) is 0. The number of aromatic nitrogens is 4. The molecule has 1 aliphatic rings. The van der Waals surface area contributed by atoms with E-state index in [0.717, 1.165) is 6.07 Å². The van der Waals surface area contributed by atoms with E-state index in [0.29, 0.717) is 5.56 Å². The predicted octanol–water partition coefficient (Wildman–Crippen LogP) is 2.92. The van der Waals surface area contributed by atoms with Gasteiger partial charge in [0.2, 0.25) is 5.95 Å². The van der Waals surface area contributed by atoms with Crippen molar-refractivity contribution in [1.29, 1.82) is 0 Å². The lowest BCUT2D eigenvalue weighted by Crippen LogP contribution is -2.49. The number of nitrogens with zero attached hydrogens (tertiary/aromatic N) is 6. The van der Waals surface area contributed by atoms with Crippen molar-refractivity contribution >= 4 is 17.7 Å². The Morgan fingerprint density at radius 2 is 1.97 bits per heavy atom. The van der Waals surface area contributed by atoms with Crippen molar-refractivity contribution in [2.24, 2.45) is 0 Å². The minimum absolute atomic E-state index is 0.0253. The van der Waals surface area contributed by atoms with Crippen LogP contribution in [0, 0.1) is 5.82 Å². The van der Waals surface area contributed by atoms with Crippen LogP contribution in [0.3, 0.4) is 0 Å². The molecule has 3 aromatic rings. The number of carbonyl (C=O) groups excluding carboxylic acids is 1. The van der Waals surface area contributed by atoms with Crippen LogP contribution in [0.2, 0.25) is 0 Å². The number of morpholine rings is 1. The molecule has 0 radical (unpaired) electrons. The number of anilines is 2. The SMILES string of the molecule is CN(C)C(=O)c1ccc(Oc2nc(-c3ccc(N)nc3)nc(N3CCO[C@@H](C(F)(F)F)C3)n2)c(F)c1. The molecule has 0 unspecified atom stereocenters. The van der Waals surface area contributed by atoms with Crippen LogP contribution < -0.4 is 15.4 Å². The first-order valence-corrected chi connectivity index (χ1v) is 10.6. The summed E-state index contributed by atoms with van der Waals surface area (Å²) in [4.78, 5) is 31.2. The third-order valence-electron chi connectivity index (χ3n) is 5.15. The molecule has 3 heterocycles. The maximum absolute atomic E-state index is 14.7. The Kier molecular flexibility index (Phi) is 6.88. The second kappa shape index (κ2) is 9.89. The van der Waals surface area contributed by atoms with Crippen molar-refractivity contribution in [3.8, 4) is 23.1 Å². The number of pyridine rings is 1. The van der Waals surface area contributed by atoms with Gasteiger partial charge in [0.15, 0.2) is 23.5 Å². The zero-order chi connectivity index (χ0) is 26.0. The molecule has 1 amide bonds. The topological polar surface area (TPSA) is 120 Å². The van der Waals surface area contributed by atoms with Crippen molar-refractivity contribution in [3.05, 3.63) is 47.9 Å². The number of nitrogens with two attached hydrogens (primary N) is 1. The molecule has 1 atom stereocenters. The lowest BCUT2D eigenvalue weighted by atomic mass is 10.2. The van der Waals surface area contributed by atoms with E-state index in [1.165, 1.54) is 48.3 Å².